The Labute approximate surface area is 144 Å². The average Bonchev–Trinajstić information content (AvgIpc) is 2.95. The molecule has 0 unspecified atom stereocenters. The summed E-state index contributed by atoms with van der Waals surface area (Å²) in [5, 5.41) is 15.4. The van der Waals surface area contributed by atoms with Crippen molar-refractivity contribution >= 4 is 43.9 Å². The normalized spacial score (nSPS) is 31.1. The molecule has 0 aromatic carbocycles. The van der Waals surface area contributed by atoms with E-state index >= 15 is 0 Å². The van der Waals surface area contributed by atoms with Crippen molar-refractivity contribution in [3.8, 4) is 0 Å². The first-order chi connectivity index (χ1) is 11.2. The zero-order valence-corrected chi connectivity index (χ0v) is 14.7. The van der Waals surface area contributed by atoms with Crippen LogP contribution in [0.15, 0.2) is 20.3 Å². The molecule has 24 heavy (non-hydrogen) atoms. The van der Waals surface area contributed by atoms with Crippen LogP contribution < -0.4 is 0 Å². The van der Waals surface area contributed by atoms with Crippen molar-refractivity contribution in [2.75, 3.05) is 0 Å². The fourth-order valence-corrected chi connectivity index (χ4v) is 5.33. The summed E-state index contributed by atoms with van der Waals surface area (Å²) in [5.74, 6) is -1.59. The lowest BCUT2D eigenvalue weighted by atomic mass is 9.98. The molecule has 0 radical (unpaired) electrons. The number of carbonyl (C=O) groups excluding carboxylic acids is 1. The number of halogens is 1. The third-order valence-electron chi connectivity index (χ3n) is 4.09. The van der Waals surface area contributed by atoms with E-state index in [2.05, 4.69) is 26.2 Å². The van der Waals surface area contributed by atoms with E-state index in [4.69, 9.17) is 9.36 Å². The molecule has 3 heterocycles. The van der Waals surface area contributed by atoms with Gasteiger partial charge >= 0.3 is 5.97 Å². The topological polar surface area (TPSA) is 139 Å². The number of hydrogen-bond donors (Lipinski definition) is 1. The molecule has 2 fully saturated rings. The first kappa shape index (κ1) is 16.9. The average molecular weight is 422 g/mol. The van der Waals surface area contributed by atoms with E-state index < -0.39 is 37.9 Å². The Balaban J connectivity index is 1.82. The second-order valence-corrected chi connectivity index (χ2v) is 8.88. The number of β-lactam (4-membered cyclic amide) rings is 1. The predicted octanol–water partition coefficient (Wildman–Crippen LogP) is 0.138. The van der Waals surface area contributed by atoms with Gasteiger partial charge in [0, 0.05) is 6.07 Å². The van der Waals surface area contributed by atoms with Gasteiger partial charge in [0.2, 0.25) is 5.91 Å². The van der Waals surface area contributed by atoms with Crippen LogP contribution in [0.4, 0.5) is 0 Å². The minimum absolute atomic E-state index is 0.116. The van der Waals surface area contributed by atoms with E-state index in [1.165, 1.54) is 13.0 Å². The molecule has 0 aliphatic carbocycles. The molecule has 3 atom stereocenters. The maximum absolute atomic E-state index is 12.6. The largest absolute Gasteiger partial charge is 0.480 e. The Hall–Kier alpha value is -1.95. The first-order valence-electron chi connectivity index (χ1n) is 6.73. The Morgan fingerprint density at radius 3 is 2.96 bits per heavy atom. The minimum Gasteiger partial charge on any atom is -0.480 e. The van der Waals surface area contributed by atoms with E-state index in [9.17, 15) is 23.1 Å². The number of aromatic nitrogens is 1. The Kier molecular flexibility index (Phi) is 3.91. The van der Waals surface area contributed by atoms with Crippen molar-refractivity contribution in [3.05, 3.63) is 16.4 Å². The zero-order valence-electron chi connectivity index (χ0n) is 12.2. The van der Waals surface area contributed by atoms with Gasteiger partial charge in [-0.15, -0.1) is 0 Å². The lowest BCUT2D eigenvalue weighted by Gasteiger charge is -2.35. The highest BCUT2D eigenvalue weighted by molar-refractivity contribution is 9.10. The monoisotopic (exact) mass is 421 g/mol. The molecule has 1 amide bonds. The lowest BCUT2D eigenvalue weighted by molar-refractivity contribution is -0.156. The molecule has 130 valence electrons. The van der Waals surface area contributed by atoms with Crippen molar-refractivity contribution in [2.24, 2.45) is 5.16 Å². The third-order valence-corrected chi connectivity index (χ3v) is 7.13. The number of carboxylic acids is 1. The highest BCUT2D eigenvalue weighted by Crippen LogP contribution is 2.45. The predicted molar refractivity (Wildman–Crippen MR) is 81.5 cm³/mol. The molecule has 10 nitrogen and oxygen atoms in total. The highest BCUT2D eigenvalue weighted by Gasteiger charge is 2.69. The molecule has 0 bridgehead atoms. The fraction of sp³-hybridized carbons (Fsp3) is 0.500. The molecule has 2 saturated heterocycles. The summed E-state index contributed by atoms with van der Waals surface area (Å²) in [4.78, 5) is 29.0. The number of oxime groups is 1. The highest BCUT2D eigenvalue weighted by atomic mass is 79.9. The number of amides is 1. The molecule has 2 aliphatic heterocycles. The van der Waals surface area contributed by atoms with Gasteiger partial charge in [0.1, 0.15) is 14.7 Å². The Morgan fingerprint density at radius 2 is 2.42 bits per heavy atom. The van der Waals surface area contributed by atoms with Gasteiger partial charge in [-0.25, -0.2) is 13.2 Å². The van der Waals surface area contributed by atoms with Gasteiger partial charge in [-0.05, 0) is 22.9 Å². The van der Waals surface area contributed by atoms with E-state index in [0.717, 1.165) is 11.1 Å². The number of hydrogen-bond acceptors (Lipinski definition) is 8. The molecular weight excluding hydrogens is 410 g/mol. The van der Waals surface area contributed by atoms with Gasteiger partial charge in [0.05, 0.1) is 12.6 Å². The van der Waals surface area contributed by atoms with Gasteiger partial charge in [-0.2, -0.15) is 0 Å². The van der Waals surface area contributed by atoms with Crippen LogP contribution in [0, 0.1) is 0 Å². The van der Waals surface area contributed by atoms with Crippen LogP contribution in [-0.4, -0.2) is 57.8 Å². The smallest absolute Gasteiger partial charge is 0.328 e. The maximum Gasteiger partial charge on any atom is 0.328 e. The number of carbonyl (C=O) groups is 2. The van der Waals surface area contributed by atoms with Crippen molar-refractivity contribution in [1.29, 1.82) is 0 Å². The summed E-state index contributed by atoms with van der Waals surface area (Å²) in [5.41, 5.74) is 0. The van der Waals surface area contributed by atoms with Crippen molar-refractivity contribution in [1.82, 2.24) is 10.1 Å². The second-order valence-electron chi connectivity index (χ2n) is 5.55. The molecule has 2 aliphatic rings. The molecule has 0 saturated carbocycles. The molecular formula is C12H12BrN3O7S. The van der Waals surface area contributed by atoms with Crippen LogP contribution in [0.5, 0.6) is 0 Å². The number of carboxylic acid groups (broad SMARTS) is 1. The standard InChI is InChI=1S/C12H12BrN3O7S/c1-12(5-14-22-4-6-2-7(13)15-23-6)10(11(18)19)16-8(17)3-9(16)24(12,20)21/h2,5,9-10H,3-4H2,1H3,(H,18,19)/b14-5-/t9-,10+,12+/m1/s1. The van der Waals surface area contributed by atoms with Gasteiger partial charge in [0.25, 0.3) is 0 Å². The number of fused-ring (bicyclic) bond motifs is 1. The second kappa shape index (κ2) is 5.55. The van der Waals surface area contributed by atoms with E-state index in [0.29, 0.717) is 10.4 Å². The van der Waals surface area contributed by atoms with E-state index in [1.54, 1.807) is 0 Å². The molecule has 12 heteroatoms. The number of rotatable bonds is 5. The summed E-state index contributed by atoms with van der Waals surface area (Å²) in [6.45, 7) is 1.10. The lowest BCUT2D eigenvalue weighted by Crippen LogP contribution is -2.57. The summed E-state index contributed by atoms with van der Waals surface area (Å²) in [6.07, 6.45) is 0.695. The van der Waals surface area contributed by atoms with Crippen LogP contribution in [0.2, 0.25) is 0 Å². The Bertz CT molecular complexity index is 835. The number of nitrogens with zero attached hydrogens (tertiary/aromatic N) is 3. The molecule has 1 aromatic heterocycles. The van der Waals surface area contributed by atoms with E-state index in [-0.39, 0.29) is 13.0 Å². The first-order valence-corrected chi connectivity index (χ1v) is 9.07. The fourth-order valence-electron chi connectivity index (χ4n) is 2.80. The number of sulfone groups is 1. The van der Waals surface area contributed by atoms with Crippen LogP contribution in [0.1, 0.15) is 19.1 Å². The van der Waals surface area contributed by atoms with Crippen LogP contribution in [0.3, 0.4) is 0 Å². The Morgan fingerprint density at radius 1 is 1.71 bits per heavy atom. The summed E-state index contributed by atoms with van der Waals surface area (Å²) in [7, 11) is -3.94. The third kappa shape index (κ3) is 2.32. The SMILES string of the molecule is C[C@]1(/C=N\OCc2cc(Br)no2)[C@H](C(=O)O)N2C(=O)C[C@H]2S1(=O)=O. The van der Waals surface area contributed by atoms with Crippen molar-refractivity contribution < 1.29 is 32.5 Å². The molecule has 0 spiro atoms. The quantitative estimate of drug-likeness (QED) is 0.402. The molecule has 1 N–H and O–H groups in total. The van der Waals surface area contributed by atoms with Crippen LogP contribution >= 0.6 is 15.9 Å². The zero-order chi connectivity index (χ0) is 17.7. The van der Waals surface area contributed by atoms with Gasteiger partial charge < -0.3 is 19.4 Å². The van der Waals surface area contributed by atoms with Crippen molar-refractivity contribution in [2.45, 2.75) is 36.1 Å². The maximum atomic E-state index is 12.6. The van der Waals surface area contributed by atoms with Gasteiger partial charge in [-0.3, -0.25) is 4.79 Å². The summed E-state index contributed by atoms with van der Waals surface area (Å²) in [6, 6.07) is -0.00527. The minimum atomic E-state index is -3.94. The van der Waals surface area contributed by atoms with Crippen LogP contribution in [-0.2, 0) is 30.9 Å². The van der Waals surface area contributed by atoms with Crippen LogP contribution in [0.25, 0.3) is 0 Å². The number of aliphatic carboxylic acids is 1. The summed E-state index contributed by atoms with van der Waals surface area (Å²) >= 11 is 3.09. The van der Waals surface area contributed by atoms with E-state index in [1.807, 2.05) is 0 Å². The van der Waals surface area contributed by atoms with Gasteiger partial charge in [0.15, 0.2) is 28.2 Å². The van der Waals surface area contributed by atoms with Gasteiger partial charge in [-0.1, -0.05) is 10.3 Å². The molecule has 3 rings (SSSR count). The molecule has 1 aromatic rings. The summed E-state index contributed by atoms with van der Waals surface area (Å²) < 4.78 is 28.6. The van der Waals surface area contributed by atoms with Crippen molar-refractivity contribution in [3.63, 3.8) is 0 Å².